The number of ether oxygens (including phenoxy) is 3. The second-order valence-electron chi connectivity index (χ2n) is 7.22. The maximum Gasteiger partial charge on any atom is 0.300 e. The highest BCUT2D eigenvalue weighted by Gasteiger charge is 2.47. The van der Waals surface area contributed by atoms with E-state index in [-0.39, 0.29) is 18.1 Å². The lowest BCUT2D eigenvalue weighted by Crippen LogP contribution is -2.29. The molecule has 0 spiro atoms. The summed E-state index contributed by atoms with van der Waals surface area (Å²) in [6, 6.07) is 14.2. The highest BCUT2D eigenvalue weighted by Crippen LogP contribution is 2.44. The number of amides is 1. The molecule has 8 nitrogen and oxygen atoms in total. The van der Waals surface area contributed by atoms with E-state index in [1.165, 1.54) is 12.0 Å². The minimum atomic E-state index is -0.857. The Morgan fingerprint density at radius 2 is 1.84 bits per heavy atom. The van der Waals surface area contributed by atoms with Crippen molar-refractivity contribution < 1.29 is 28.9 Å². The van der Waals surface area contributed by atoms with E-state index < -0.39 is 17.7 Å². The first kappa shape index (κ1) is 19.6. The lowest BCUT2D eigenvalue weighted by molar-refractivity contribution is -0.132. The van der Waals surface area contributed by atoms with E-state index in [0.717, 1.165) is 0 Å². The fraction of sp³-hybridized carbons (Fsp3) is 0.125. The second-order valence-corrected chi connectivity index (χ2v) is 7.22. The molecule has 2 aliphatic heterocycles. The molecule has 1 N–H and O–H groups in total. The average Bonchev–Trinajstić information content (AvgIpc) is 3.41. The minimum Gasteiger partial charge on any atom is -0.507 e. The standard InChI is InChI=1S/C24H18N2O6/c1-30-17-4-2-3-15(11-17)22(27)20-21(14-7-9-25-10-8-14)26(24(29)23(20)28)16-5-6-18-19(12-16)32-13-31-18/h2-12,21,27H,13H2,1H3/b22-20+. The molecule has 0 radical (unpaired) electrons. The number of aliphatic hydroxyl groups is 1. The Kier molecular flexibility index (Phi) is 4.74. The molecular formula is C24H18N2O6. The second kappa shape index (κ2) is 7.73. The Morgan fingerprint density at radius 3 is 2.62 bits per heavy atom. The molecule has 1 fully saturated rings. The molecule has 8 heteroatoms. The van der Waals surface area contributed by atoms with Crippen molar-refractivity contribution >= 4 is 23.1 Å². The average molecular weight is 430 g/mol. The molecule has 1 aromatic heterocycles. The Bertz CT molecular complexity index is 1250. The molecule has 1 unspecified atom stereocenters. The van der Waals surface area contributed by atoms with Gasteiger partial charge in [0.15, 0.2) is 11.5 Å². The molecule has 0 aliphatic carbocycles. The number of Topliss-reactive ketones (excluding diaryl/α,β-unsaturated/α-hetero) is 1. The number of nitrogens with zero attached hydrogens (tertiary/aromatic N) is 2. The van der Waals surface area contributed by atoms with Crippen molar-refractivity contribution in [3.05, 3.63) is 83.7 Å². The van der Waals surface area contributed by atoms with Gasteiger partial charge in [-0.2, -0.15) is 0 Å². The van der Waals surface area contributed by atoms with Crippen LogP contribution in [-0.4, -0.2) is 35.7 Å². The first-order valence-electron chi connectivity index (χ1n) is 9.83. The summed E-state index contributed by atoms with van der Waals surface area (Å²) in [4.78, 5) is 31.7. The number of hydrogen-bond donors (Lipinski definition) is 1. The van der Waals surface area contributed by atoms with Crippen LogP contribution in [0.2, 0.25) is 0 Å². The third-order valence-electron chi connectivity index (χ3n) is 5.44. The number of rotatable bonds is 4. The Hall–Kier alpha value is -4.33. The molecule has 1 saturated heterocycles. The predicted molar refractivity (Wildman–Crippen MR) is 115 cm³/mol. The van der Waals surface area contributed by atoms with Crippen LogP contribution in [0.3, 0.4) is 0 Å². The van der Waals surface area contributed by atoms with Crippen LogP contribution in [0.25, 0.3) is 5.76 Å². The van der Waals surface area contributed by atoms with Crippen LogP contribution in [0.5, 0.6) is 17.2 Å². The number of aliphatic hydroxyl groups excluding tert-OH is 1. The van der Waals surface area contributed by atoms with Crippen LogP contribution in [0.1, 0.15) is 17.2 Å². The summed E-state index contributed by atoms with van der Waals surface area (Å²) in [7, 11) is 1.51. The van der Waals surface area contributed by atoms with E-state index in [1.807, 2.05) is 0 Å². The highest BCUT2D eigenvalue weighted by molar-refractivity contribution is 6.51. The molecule has 5 rings (SSSR count). The minimum absolute atomic E-state index is 0.0212. The fourth-order valence-electron chi connectivity index (χ4n) is 3.92. The summed E-state index contributed by atoms with van der Waals surface area (Å²) in [5.74, 6) is -0.278. The normalized spacial score (nSPS) is 18.8. The van der Waals surface area contributed by atoms with Crippen molar-refractivity contribution in [2.45, 2.75) is 6.04 Å². The summed E-state index contributed by atoms with van der Waals surface area (Å²) < 4.78 is 16.0. The van der Waals surface area contributed by atoms with E-state index in [4.69, 9.17) is 14.2 Å². The summed E-state index contributed by atoms with van der Waals surface area (Å²) in [5, 5.41) is 11.1. The number of carbonyl (C=O) groups excluding carboxylic acids is 2. The molecule has 3 heterocycles. The van der Waals surface area contributed by atoms with E-state index in [0.29, 0.717) is 34.1 Å². The molecular weight excluding hydrogens is 412 g/mol. The molecule has 1 atom stereocenters. The van der Waals surface area contributed by atoms with Gasteiger partial charge in [-0.05, 0) is 42.0 Å². The number of fused-ring (bicyclic) bond motifs is 1. The molecule has 1 amide bonds. The molecule has 0 bridgehead atoms. The predicted octanol–water partition coefficient (Wildman–Crippen LogP) is 3.45. The van der Waals surface area contributed by atoms with Crippen LogP contribution in [-0.2, 0) is 9.59 Å². The van der Waals surface area contributed by atoms with Crippen molar-refractivity contribution in [2.24, 2.45) is 0 Å². The fourth-order valence-corrected chi connectivity index (χ4v) is 3.92. The van der Waals surface area contributed by atoms with Crippen LogP contribution < -0.4 is 19.1 Å². The monoisotopic (exact) mass is 430 g/mol. The molecule has 2 aromatic carbocycles. The van der Waals surface area contributed by atoms with Gasteiger partial charge in [0.1, 0.15) is 11.5 Å². The highest BCUT2D eigenvalue weighted by atomic mass is 16.7. The largest absolute Gasteiger partial charge is 0.507 e. The smallest absolute Gasteiger partial charge is 0.300 e. The number of hydrogen-bond acceptors (Lipinski definition) is 7. The summed E-state index contributed by atoms with van der Waals surface area (Å²) in [6.07, 6.45) is 3.14. The number of benzene rings is 2. The topological polar surface area (TPSA) is 98.2 Å². The third-order valence-corrected chi connectivity index (χ3v) is 5.44. The first-order chi connectivity index (χ1) is 15.6. The van der Waals surface area contributed by atoms with Gasteiger partial charge >= 0.3 is 0 Å². The van der Waals surface area contributed by atoms with Gasteiger partial charge in [0, 0.05) is 29.7 Å². The lowest BCUT2D eigenvalue weighted by atomic mass is 9.95. The molecule has 0 saturated carbocycles. The summed E-state index contributed by atoms with van der Waals surface area (Å²) >= 11 is 0. The maximum absolute atomic E-state index is 13.2. The Labute approximate surface area is 183 Å². The zero-order valence-corrected chi connectivity index (χ0v) is 17.0. The van der Waals surface area contributed by atoms with Crippen LogP contribution in [0, 0.1) is 0 Å². The van der Waals surface area contributed by atoms with Gasteiger partial charge in [-0.25, -0.2) is 0 Å². The van der Waals surface area contributed by atoms with Gasteiger partial charge in [-0.3, -0.25) is 19.5 Å². The number of pyridine rings is 1. The zero-order chi connectivity index (χ0) is 22.2. The van der Waals surface area contributed by atoms with Gasteiger partial charge in [-0.1, -0.05) is 12.1 Å². The number of anilines is 1. The van der Waals surface area contributed by atoms with Crippen LogP contribution in [0.15, 0.2) is 72.6 Å². The SMILES string of the molecule is COc1cccc(/C(O)=C2\C(=O)C(=O)N(c3ccc4c(c3)OCO4)C2c2ccncc2)c1. The molecule has 160 valence electrons. The van der Waals surface area contributed by atoms with Gasteiger partial charge in [-0.15, -0.1) is 0 Å². The Balaban J connectivity index is 1.70. The number of carbonyl (C=O) groups is 2. The van der Waals surface area contributed by atoms with Crippen LogP contribution in [0.4, 0.5) is 5.69 Å². The number of methoxy groups -OCH3 is 1. The number of ketones is 1. The van der Waals surface area contributed by atoms with Gasteiger partial charge in [0.2, 0.25) is 6.79 Å². The first-order valence-corrected chi connectivity index (χ1v) is 9.83. The van der Waals surface area contributed by atoms with Crippen molar-refractivity contribution in [2.75, 3.05) is 18.8 Å². The van der Waals surface area contributed by atoms with Crippen LogP contribution >= 0.6 is 0 Å². The quantitative estimate of drug-likeness (QED) is 0.385. The van der Waals surface area contributed by atoms with Gasteiger partial charge in [0.05, 0.1) is 18.7 Å². The molecule has 32 heavy (non-hydrogen) atoms. The van der Waals surface area contributed by atoms with Crippen molar-refractivity contribution in [3.63, 3.8) is 0 Å². The van der Waals surface area contributed by atoms with E-state index in [9.17, 15) is 14.7 Å². The van der Waals surface area contributed by atoms with Crippen molar-refractivity contribution in [1.82, 2.24) is 4.98 Å². The van der Waals surface area contributed by atoms with Gasteiger partial charge < -0.3 is 19.3 Å². The Morgan fingerprint density at radius 1 is 1.06 bits per heavy atom. The maximum atomic E-state index is 13.2. The third kappa shape index (κ3) is 3.13. The summed E-state index contributed by atoms with van der Waals surface area (Å²) in [6.45, 7) is 0.0846. The van der Waals surface area contributed by atoms with E-state index in [1.54, 1.807) is 67.0 Å². The zero-order valence-electron chi connectivity index (χ0n) is 17.0. The van der Waals surface area contributed by atoms with Crippen molar-refractivity contribution in [1.29, 1.82) is 0 Å². The molecule has 3 aromatic rings. The van der Waals surface area contributed by atoms with E-state index >= 15 is 0 Å². The molecule has 2 aliphatic rings. The summed E-state index contributed by atoms with van der Waals surface area (Å²) in [5.41, 5.74) is 1.42. The van der Waals surface area contributed by atoms with Gasteiger partial charge in [0.25, 0.3) is 11.7 Å². The van der Waals surface area contributed by atoms with E-state index in [2.05, 4.69) is 4.98 Å². The number of aromatic nitrogens is 1. The lowest BCUT2D eigenvalue weighted by Gasteiger charge is -2.25. The van der Waals surface area contributed by atoms with Crippen molar-refractivity contribution in [3.8, 4) is 17.2 Å².